The Balaban J connectivity index is 2.39. The minimum Gasteiger partial charge on any atom is -0.278 e. The second-order valence-corrected chi connectivity index (χ2v) is 5.62. The van der Waals surface area contributed by atoms with Crippen LogP contribution in [0.4, 0.5) is 5.69 Å². The summed E-state index contributed by atoms with van der Waals surface area (Å²) in [4.78, 5) is 35.5. The molecule has 1 heterocycles. The zero-order valence-electron chi connectivity index (χ0n) is 11.1. The van der Waals surface area contributed by atoms with Crippen molar-refractivity contribution in [3.63, 3.8) is 0 Å². The number of amides is 2. The van der Waals surface area contributed by atoms with Crippen LogP contribution in [0.25, 0.3) is 0 Å². The van der Waals surface area contributed by atoms with Gasteiger partial charge in [-0.2, -0.15) is 0 Å². The maximum atomic E-state index is 12.4. The topological polar surface area (TPSA) is 80.5 Å². The molecular weight excluding hydrogens is 319 g/mol. The van der Waals surface area contributed by atoms with E-state index < -0.39 is 10.8 Å². The largest absolute Gasteiger partial charge is 0.278 e. The molecule has 1 atom stereocenters. The number of nitrogens with zero attached hydrogens (tertiary/aromatic N) is 2. The van der Waals surface area contributed by atoms with Gasteiger partial charge in [-0.15, -0.1) is 0 Å². The molecule has 0 spiro atoms. The number of carbonyl (C=O) groups is 2. The van der Waals surface area contributed by atoms with Crippen molar-refractivity contribution in [1.82, 2.24) is 4.90 Å². The van der Waals surface area contributed by atoms with Crippen LogP contribution >= 0.6 is 23.2 Å². The normalized spacial score (nSPS) is 18.1. The molecule has 1 aliphatic rings. The predicted octanol–water partition coefficient (Wildman–Crippen LogP) is 3.30. The van der Waals surface area contributed by atoms with Crippen molar-refractivity contribution in [3.8, 4) is 0 Å². The molecule has 2 rings (SSSR count). The molecule has 0 N–H and O–H groups in total. The number of imide groups is 1. The summed E-state index contributed by atoms with van der Waals surface area (Å²) >= 11 is 11.8. The monoisotopic (exact) mass is 330 g/mol. The summed E-state index contributed by atoms with van der Waals surface area (Å²) in [7, 11) is 0. The van der Waals surface area contributed by atoms with Gasteiger partial charge in [0.1, 0.15) is 0 Å². The molecule has 0 aromatic heterocycles. The Morgan fingerprint density at radius 3 is 2.67 bits per heavy atom. The molecule has 8 heteroatoms. The first-order valence-electron chi connectivity index (χ1n) is 6.33. The molecule has 6 nitrogen and oxygen atoms in total. The van der Waals surface area contributed by atoms with E-state index in [0.29, 0.717) is 13.0 Å². The van der Waals surface area contributed by atoms with E-state index in [0.717, 1.165) is 23.5 Å². The van der Waals surface area contributed by atoms with E-state index in [4.69, 9.17) is 23.2 Å². The second-order valence-electron chi connectivity index (χ2n) is 4.83. The van der Waals surface area contributed by atoms with E-state index in [1.807, 2.05) is 6.92 Å². The summed E-state index contributed by atoms with van der Waals surface area (Å²) < 4.78 is 0. The number of hydrogen-bond donors (Lipinski definition) is 0. The third-order valence-electron chi connectivity index (χ3n) is 3.48. The predicted molar refractivity (Wildman–Crippen MR) is 77.6 cm³/mol. The van der Waals surface area contributed by atoms with Gasteiger partial charge in [0.05, 0.1) is 20.5 Å². The second kappa shape index (κ2) is 5.99. The standard InChI is InChI=1S/C13H12Cl2N2O4/c1-2-7-3-11(18)16(6-7)13(19)9-4-8(17(20)21)5-10(14)12(9)15/h4-5,7H,2-3,6H2,1H3. The highest BCUT2D eigenvalue weighted by Gasteiger charge is 2.35. The molecule has 112 valence electrons. The van der Waals surface area contributed by atoms with Crippen LogP contribution < -0.4 is 0 Å². The molecule has 1 aromatic rings. The highest BCUT2D eigenvalue weighted by Crippen LogP contribution is 2.33. The molecule has 0 radical (unpaired) electrons. The van der Waals surface area contributed by atoms with Crippen molar-refractivity contribution in [2.45, 2.75) is 19.8 Å². The molecule has 21 heavy (non-hydrogen) atoms. The van der Waals surface area contributed by atoms with Crippen molar-refractivity contribution < 1.29 is 14.5 Å². The Morgan fingerprint density at radius 2 is 2.14 bits per heavy atom. The van der Waals surface area contributed by atoms with Gasteiger partial charge >= 0.3 is 0 Å². The number of hydrogen-bond acceptors (Lipinski definition) is 4. The Kier molecular flexibility index (Phi) is 4.49. The van der Waals surface area contributed by atoms with Crippen molar-refractivity contribution >= 4 is 40.7 Å². The average Bonchev–Trinajstić information content (AvgIpc) is 2.82. The Labute approximate surface area is 130 Å². The summed E-state index contributed by atoms with van der Waals surface area (Å²) in [6, 6.07) is 2.12. The zero-order valence-corrected chi connectivity index (χ0v) is 12.6. The van der Waals surface area contributed by atoms with E-state index in [-0.39, 0.29) is 33.1 Å². The van der Waals surface area contributed by atoms with E-state index in [1.54, 1.807) is 0 Å². The van der Waals surface area contributed by atoms with Gasteiger partial charge in [0.15, 0.2) is 0 Å². The molecule has 0 aliphatic carbocycles. The zero-order chi connectivity index (χ0) is 15.7. The van der Waals surface area contributed by atoms with Gasteiger partial charge < -0.3 is 0 Å². The summed E-state index contributed by atoms with van der Waals surface area (Å²) in [6.07, 6.45) is 1.07. The fraction of sp³-hybridized carbons (Fsp3) is 0.385. The summed E-state index contributed by atoms with van der Waals surface area (Å²) in [5.74, 6) is -0.841. The van der Waals surface area contributed by atoms with Crippen LogP contribution in [0.15, 0.2) is 12.1 Å². The van der Waals surface area contributed by atoms with Crippen molar-refractivity contribution in [2.75, 3.05) is 6.54 Å². The fourth-order valence-corrected chi connectivity index (χ4v) is 2.64. The number of halogens is 2. The maximum absolute atomic E-state index is 12.4. The first-order chi connectivity index (χ1) is 9.85. The smallest absolute Gasteiger partial charge is 0.271 e. The molecule has 1 unspecified atom stereocenters. The Hall–Kier alpha value is -1.66. The average molecular weight is 331 g/mol. The number of rotatable bonds is 3. The minimum atomic E-state index is -0.667. The molecular formula is C13H12Cl2N2O4. The quantitative estimate of drug-likeness (QED) is 0.483. The molecule has 1 aromatic carbocycles. The van der Waals surface area contributed by atoms with Gasteiger partial charge in [0.25, 0.3) is 11.6 Å². The van der Waals surface area contributed by atoms with Gasteiger partial charge in [-0.3, -0.25) is 24.6 Å². The van der Waals surface area contributed by atoms with Gasteiger partial charge in [0, 0.05) is 25.1 Å². The van der Waals surface area contributed by atoms with Crippen LogP contribution in [-0.4, -0.2) is 28.2 Å². The van der Waals surface area contributed by atoms with Crippen LogP contribution in [-0.2, 0) is 4.79 Å². The summed E-state index contributed by atoms with van der Waals surface area (Å²) in [5, 5.41) is 10.7. The lowest BCUT2D eigenvalue weighted by Crippen LogP contribution is -2.32. The van der Waals surface area contributed by atoms with E-state index >= 15 is 0 Å². The first kappa shape index (κ1) is 15.7. The molecule has 2 amide bonds. The van der Waals surface area contributed by atoms with Crippen LogP contribution in [0.3, 0.4) is 0 Å². The van der Waals surface area contributed by atoms with Crippen LogP contribution in [0, 0.1) is 16.0 Å². The first-order valence-corrected chi connectivity index (χ1v) is 7.08. The maximum Gasteiger partial charge on any atom is 0.271 e. The Bertz CT molecular complexity index is 633. The number of nitro benzene ring substituents is 1. The minimum absolute atomic E-state index is 0.0833. The molecule has 1 aliphatic heterocycles. The lowest BCUT2D eigenvalue weighted by Gasteiger charge is -2.15. The number of non-ortho nitro benzene ring substituents is 1. The van der Waals surface area contributed by atoms with Crippen molar-refractivity contribution in [1.29, 1.82) is 0 Å². The SMILES string of the molecule is CCC1CC(=O)N(C(=O)c2cc([N+](=O)[O-])cc(Cl)c2Cl)C1. The lowest BCUT2D eigenvalue weighted by molar-refractivity contribution is -0.384. The van der Waals surface area contributed by atoms with E-state index in [1.165, 1.54) is 0 Å². The van der Waals surface area contributed by atoms with E-state index in [2.05, 4.69) is 0 Å². The van der Waals surface area contributed by atoms with Gasteiger partial charge in [-0.05, 0) is 5.92 Å². The fourth-order valence-electron chi connectivity index (χ4n) is 2.23. The number of nitro groups is 1. The van der Waals surface area contributed by atoms with Crippen LogP contribution in [0.1, 0.15) is 30.1 Å². The van der Waals surface area contributed by atoms with Gasteiger partial charge in [-0.25, -0.2) is 0 Å². The summed E-state index contributed by atoms with van der Waals surface area (Å²) in [5.41, 5.74) is -0.465. The number of benzene rings is 1. The van der Waals surface area contributed by atoms with Gasteiger partial charge in [-0.1, -0.05) is 36.5 Å². The van der Waals surface area contributed by atoms with Crippen molar-refractivity contribution in [2.24, 2.45) is 5.92 Å². The number of likely N-dealkylation sites (tertiary alicyclic amines) is 1. The van der Waals surface area contributed by atoms with Crippen LogP contribution in [0.5, 0.6) is 0 Å². The van der Waals surface area contributed by atoms with Crippen molar-refractivity contribution in [3.05, 3.63) is 37.9 Å². The molecule has 1 fully saturated rings. The molecule has 0 saturated carbocycles. The number of carbonyl (C=O) groups excluding carboxylic acids is 2. The van der Waals surface area contributed by atoms with Crippen LogP contribution in [0.2, 0.25) is 10.0 Å². The highest BCUT2D eigenvalue weighted by molar-refractivity contribution is 6.44. The third-order valence-corrected chi connectivity index (χ3v) is 4.28. The highest BCUT2D eigenvalue weighted by atomic mass is 35.5. The van der Waals surface area contributed by atoms with Gasteiger partial charge in [0.2, 0.25) is 5.91 Å². The lowest BCUT2D eigenvalue weighted by atomic mass is 10.1. The summed E-state index contributed by atoms with van der Waals surface area (Å²) in [6.45, 7) is 2.23. The van der Waals surface area contributed by atoms with E-state index in [9.17, 15) is 19.7 Å². The molecule has 0 bridgehead atoms. The molecule has 1 saturated heterocycles. The third kappa shape index (κ3) is 3.01. The Morgan fingerprint density at radius 1 is 1.48 bits per heavy atom.